The van der Waals surface area contributed by atoms with Crippen molar-refractivity contribution in [3.63, 3.8) is 0 Å². The first-order valence-corrected chi connectivity index (χ1v) is 7.77. The van der Waals surface area contributed by atoms with Crippen molar-refractivity contribution in [3.05, 3.63) is 58.1 Å². The van der Waals surface area contributed by atoms with Gasteiger partial charge in [0, 0.05) is 12.6 Å². The minimum Gasteiger partial charge on any atom is -0.322 e. The SMILES string of the molecule is CC(Nc1ccc(NC(=O)c2cccc(Cl)c2Cl)cc1)=[N+](C)C. The van der Waals surface area contributed by atoms with E-state index in [1.807, 2.05) is 49.9 Å². The molecule has 0 fully saturated rings. The zero-order chi connectivity index (χ0) is 17.0. The summed E-state index contributed by atoms with van der Waals surface area (Å²) in [4.78, 5) is 12.3. The molecular formula is C17H18Cl2N3O+. The van der Waals surface area contributed by atoms with Gasteiger partial charge in [-0.05, 0) is 36.4 Å². The molecule has 0 radical (unpaired) electrons. The van der Waals surface area contributed by atoms with Gasteiger partial charge in [0.15, 0.2) is 0 Å². The zero-order valence-electron chi connectivity index (χ0n) is 13.2. The average molecular weight is 351 g/mol. The normalized spacial score (nSPS) is 10.1. The zero-order valence-corrected chi connectivity index (χ0v) is 14.7. The minimum atomic E-state index is -0.297. The molecule has 0 heterocycles. The molecule has 0 aliphatic rings. The Morgan fingerprint density at radius 1 is 0.957 bits per heavy atom. The Bertz CT molecular complexity index is 751. The standard InChI is InChI=1S/C17H17Cl2N3O/c1-11(22(2)3)20-12-7-9-13(10-8-12)21-17(23)14-5-4-6-15(18)16(14)19/h4-10H,1-3H3,(H,21,23)/p+1. The van der Waals surface area contributed by atoms with Gasteiger partial charge in [0.05, 0.1) is 29.7 Å². The summed E-state index contributed by atoms with van der Waals surface area (Å²) in [5, 5.41) is 6.67. The molecule has 1 amide bonds. The lowest BCUT2D eigenvalue weighted by atomic mass is 10.2. The Kier molecular flexibility index (Phi) is 5.64. The Morgan fingerprint density at radius 2 is 1.52 bits per heavy atom. The van der Waals surface area contributed by atoms with Gasteiger partial charge >= 0.3 is 0 Å². The van der Waals surface area contributed by atoms with Gasteiger partial charge in [-0.15, -0.1) is 0 Å². The van der Waals surface area contributed by atoms with Crippen molar-refractivity contribution >= 4 is 46.3 Å². The molecule has 0 aromatic heterocycles. The van der Waals surface area contributed by atoms with Crippen LogP contribution in [0.4, 0.5) is 11.4 Å². The molecule has 2 N–H and O–H groups in total. The van der Waals surface area contributed by atoms with E-state index in [2.05, 4.69) is 10.6 Å². The van der Waals surface area contributed by atoms with Crippen LogP contribution < -0.4 is 10.6 Å². The maximum Gasteiger partial charge on any atom is 0.257 e. The Morgan fingerprint density at radius 3 is 2.09 bits per heavy atom. The Balaban J connectivity index is 2.10. The van der Waals surface area contributed by atoms with Crippen LogP contribution in [0.1, 0.15) is 17.3 Å². The van der Waals surface area contributed by atoms with Crippen molar-refractivity contribution in [3.8, 4) is 0 Å². The quantitative estimate of drug-likeness (QED) is 0.491. The van der Waals surface area contributed by atoms with Gasteiger partial charge in [-0.3, -0.25) is 9.37 Å². The number of amides is 1. The number of carbonyl (C=O) groups is 1. The summed E-state index contributed by atoms with van der Waals surface area (Å²) in [6, 6.07) is 12.4. The van der Waals surface area contributed by atoms with E-state index in [0.717, 1.165) is 11.5 Å². The second kappa shape index (κ2) is 7.49. The highest BCUT2D eigenvalue weighted by Crippen LogP contribution is 2.26. The van der Waals surface area contributed by atoms with E-state index >= 15 is 0 Å². The first-order chi connectivity index (χ1) is 10.9. The van der Waals surface area contributed by atoms with Crippen molar-refractivity contribution in [1.29, 1.82) is 0 Å². The first kappa shape index (κ1) is 17.3. The summed E-state index contributed by atoms with van der Waals surface area (Å²) in [6.07, 6.45) is 0. The van der Waals surface area contributed by atoms with Crippen molar-refractivity contribution in [2.75, 3.05) is 24.7 Å². The van der Waals surface area contributed by atoms with Crippen LogP contribution in [-0.4, -0.2) is 30.4 Å². The molecule has 4 nitrogen and oxygen atoms in total. The van der Waals surface area contributed by atoms with Crippen LogP contribution in [0.15, 0.2) is 42.5 Å². The molecule has 0 unspecified atom stereocenters. The second-order valence-corrected chi connectivity index (χ2v) is 6.02. The highest BCUT2D eigenvalue weighted by molar-refractivity contribution is 6.44. The number of benzene rings is 2. The van der Waals surface area contributed by atoms with E-state index in [1.54, 1.807) is 18.2 Å². The molecule has 6 heteroatoms. The van der Waals surface area contributed by atoms with Crippen LogP contribution >= 0.6 is 23.2 Å². The van der Waals surface area contributed by atoms with Crippen molar-refractivity contribution < 1.29 is 9.37 Å². The van der Waals surface area contributed by atoms with Crippen molar-refractivity contribution in [2.45, 2.75) is 6.92 Å². The molecule has 0 bridgehead atoms. The van der Waals surface area contributed by atoms with Gasteiger partial charge < -0.3 is 5.32 Å². The van der Waals surface area contributed by atoms with Crippen LogP contribution in [0.25, 0.3) is 0 Å². The summed E-state index contributed by atoms with van der Waals surface area (Å²) >= 11 is 12.0. The number of carbonyl (C=O) groups excluding carboxylic acids is 1. The van der Waals surface area contributed by atoms with Gasteiger partial charge in [-0.25, -0.2) is 5.32 Å². The number of halogens is 2. The molecule has 0 aliphatic heterocycles. The lowest BCUT2D eigenvalue weighted by molar-refractivity contribution is -0.464. The van der Waals surface area contributed by atoms with E-state index in [-0.39, 0.29) is 10.9 Å². The summed E-state index contributed by atoms with van der Waals surface area (Å²) in [5.74, 6) is 0.724. The Hall–Kier alpha value is -2.04. The van der Waals surface area contributed by atoms with Gasteiger partial charge in [0.1, 0.15) is 5.69 Å². The number of amidine groups is 1. The molecule has 23 heavy (non-hydrogen) atoms. The summed E-state index contributed by atoms with van der Waals surface area (Å²) in [5.41, 5.74) is 1.97. The average Bonchev–Trinajstić information content (AvgIpc) is 2.51. The molecule has 0 saturated carbocycles. The largest absolute Gasteiger partial charge is 0.322 e. The van der Waals surface area contributed by atoms with E-state index < -0.39 is 0 Å². The molecule has 0 saturated heterocycles. The molecule has 0 atom stereocenters. The third kappa shape index (κ3) is 4.47. The van der Waals surface area contributed by atoms with Crippen molar-refractivity contribution in [1.82, 2.24) is 0 Å². The van der Waals surface area contributed by atoms with E-state index in [0.29, 0.717) is 16.3 Å². The van der Waals surface area contributed by atoms with Gasteiger partial charge in [-0.2, -0.15) is 0 Å². The fourth-order valence-electron chi connectivity index (χ4n) is 1.84. The third-order valence-electron chi connectivity index (χ3n) is 3.34. The molecular weight excluding hydrogens is 333 g/mol. The maximum absolute atomic E-state index is 12.3. The number of anilines is 2. The van der Waals surface area contributed by atoms with Gasteiger partial charge in [0.2, 0.25) is 5.84 Å². The van der Waals surface area contributed by atoms with E-state index in [9.17, 15) is 4.79 Å². The molecule has 0 aliphatic carbocycles. The van der Waals surface area contributed by atoms with Gasteiger partial charge in [-0.1, -0.05) is 29.3 Å². The van der Waals surface area contributed by atoms with Crippen LogP contribution in [-0.2, 0) is 0 Å². The molecule has 2 rings (SSSR count). The predicted molar refractivity (Wildman–Crippen MR) is 97.3 cm³/mol. The predicted octanol–water partition coefficient (Wildman–Crippen LogP) is 4.35. The number of hydrogen-bond acceptors (Lipinski definition) is 1. The number of nitrogens with zero attached hydrogens (tertiary/aromatic N) is 1. The third-order valence-corrected chi connectivity index (χ3v) is 4.15. The highest BCUT2D eigenvalue weighted by atomic mass is 35.5. The fourth-order valence-corrected chi connectivity index (χ4v) is 2.22. The lowest BCUT2D eigenvalue weighted by Gasteiger charge is -2.08. The van der Waals surface area contributed by atoms with Crippen LogP contribution in [0, 0.1) is 0 Å². The summed E-state index contributed by atoms with van der Waals surface area (Å²) in [7, 11) is 3.93. The van der Waals surface area contributed by atoms with Crippen molar-refractivity contribution in [2.24, 2.45) is 0 Å². The first-order valence-electron chi connectivity index (χ1n) is 7.02. The molecule has 0 spiro atoms. The molecule has 120 valence electrons. The van der Waals surface area contributed by atoms with E-state index in [1.165, 1.54) is 0 Å². The topological polar surface area (TPSA) is 44.1 Å². The summed E-state index contributed by atoms with van der Waals surface area (Å²) < 4.78 is 1.98. The number of nitrogens with one attached hydrogen (secondary N) is 2. The van der Waals surface area contributed by atoms with Gasteiger partial charge in [0.25, 0.3) is 5.91 Å². The smallest absolute Gasteiger partial charge is 0.257 e. The monoisotopic (exact) mass is 350 g/mol. The van der Waals surface area contributed by atoms with Crippen LogP contribution in [0.2, 0.25) is 10.0 Å². The summed E-state index contributed by atoms with van der Waals surface area (Å²) in [6.45, 7) is 1.98. The van der Waals surface area contributed by atoms with E-state index in [4.69, 9.17) is 23.2 Å². The lowest BCUT2D eigenvalue weighted by Crippen LogP contribution is -2.18. The number of hydrogen-bond donors (Lipinski definition) is 2. The minimum absolute atomic E-state index is 0.251. The Labute approximate surface area is 145 Å². The maximum atomic E-state index is 12.3. The second-order valence-electron chi connectivity index (χ2n) is 5.24. The fraction of sp³-hybridized carbons (Fsp3) is 0.176. The molecule has 2 aromatic carbocycles. The van der Waals surface area contributed by atoms with Crippen LogP contribution in [0.3, 0.4) is 0 Å². The van der Waals surface area contributed by atoms with Crippen LogP contribution in [0.5, 0.6) is 0 Å². The molecule has 2 aromatic rings. The number of rotatable bonds is 3. The highest BCUT2D eigenvalue weighted by Gasteiger charge is 2.13.